The first-order chi connectivity index (χ1) is 18.4. The fraction of sp³-hybridized carbons (Fsp3) is 0.214. The summed E-state index contributed by atoms with van der Waals surface area (Å²) >= 11 is 7.25. The fourth-order valence-corrected chi connectivity index (χ4v) is 4.98. The van der Waals surface area contributed by atoms with Crippen molar-refractivity contribution >= 4 is 57.7 Å². The molecule has 0 aromatic heterocycles. The number of thioether (sulfide) groups is 1. The molecule has 1 aliphatic rings. The van der Waals surface area contributed by atoms with E-state index in [1.807, 2.05) is 24.3 Å². The van der Waals surface area contributed by atoms with E-state index >= 15 is 0 Å². The van der Waals surface area contributed by atoms with Gasteiger partial charge in [-0.15, -0.1) is 0 Å². The van der Waals surface area contributed by atoms with Crippen LogP contribution in [0.15, 0.2) is 77.8 Å². The molecule has 0 spiro atoms. The molecule has 1 saturated heterocycles. The maximum atomic E-state index is 13.3. The van der Waals surface area contributed by atoms with E-state index in [4.69, 9.17) is 21.1 Å². The maximum absolute atomic E-state index is 13.3. The van der Waals surface area contributed by atoms with Crippen LogP contribution in [-0.2, 0) is 20.9 Å². The summed E-state index contributed by atoms with van der Waals surface area (Å²) in [6.07, 6.45) is 0.00797. The molecule has 38 heavy (non-hydrogen) atoms. The zero-order valence-electron chi connectivity index (χ0n) is 20.8. The van der Waals surface area contributed by atoms with Gasteiger partial charge in [0.1, 0.15) is 11.0 Å². The number of aliphatic imine (C=N–C) groups is 1. The van der Waals surface area contributed by atoms with Crippen LogP contribution in [0.4, 0.5) is 11.4 Å². The molecule has 4 rings (SSSR count). The minimum absolute atomic E-state index is 0.00797. The fourth-order valence-electron chi connectivity index (χ4n) is 3.70. The van der Waals surface area contributed by atoms with Gasteiger partial charge in [-0.3, -0.25) is 14.5 Å². The third kappa shape index (κ3) is 6.93. The number of amidine groups is 1. The van der Waals surface area contributed by atoms with Crippen molar-refractivity contribution in [1.82, 2.24) is 4.90 Å². The van der Waals surface area contributed by atoms with Crippen LogP contribution in [-0.4, -0.2) is 46.8 Å². The first-order valence-corrected chi connectivity index (χ1v) is 13.1. The summed E-state index contributed by atoms with van der Waals surface area (Å²) in [5.41, 5.74) is 2.36. The van der Waals surface area contributed by atoms with Crippen LogP contribution in [0.1, 0.15) is 29.3 Å². The summed E-state index contributed by atoms with van der Waals surface area (Å²) in [6.45, 7) is 2.30. The van der Waals surface area contributed by atoms with E-state index in [0.29, 0.717) is 32.9 Å². The van der Waals surface area contributed by atoms with Gasteiger partial charge in [0.15, 0.2) is 5.17 Å². The molecule has 3 aromatic rings. The van der Waals surface area contributed by atoms with E-state index in [2.05, 4.69) is 10.3 Å². The largest absolute Gasteiger partial charge is 0.497 e. The number of hydrogen-bond donors (Lipinski definition) is 1. The molecular weight excluding hydrogens is 526 g/mol. The first kappa shape index (κ1) is 27.2. The average molecular weight is 552 g/mol. The Morgan fingerprint density at radius 1 is 1.11 bits per heavy atom. The van der Waals surface area contributed by atoms with Crippen molar-refractivity contribution in [2.24, 2.45) is 4.99 Å². The Balaban J connectivity index is 1.60. The first-order valence-electron chi connectivity index (χ1n) is 11.9. The second-order valence-electron chi connectivity index (χ2n) is 8.30. The quantitative estimate of drug-likeness (QED) is 0.361. The van der Waals surface area contributed by atoms with Crippen LogP contribution in [0.5, 0.6) is 5.75 Å². The van der Waals surface area contributed by atoms with Gasteiger partial charge in [0, 0.05) is 17.1 Å². The highest BCUT2D eigenvalue weighted by molar-refractivity contribution is 8.15. The minimum atomic E-state index is -0.689. The Morgan fingerprint density at radius 3 is 2.50 bits per heavy atom. The highest BCUT2D eigenvalue weighted by atomic mass is 35.5. The Hall–Kier alpha value is -3.82. The van der Waals surface area contributed by atoms with Crippen LogP contribution in [0, 0.1) is 0 Å². The van der Waals surface area contributed by atoms with E-state index in [0.717, 1.165) is 5.56 Å². The minimum Gasteiger partial charge on any atom is -0.497 e. The molecule has 1 fully saturated rings. The lowest BCUT2D eigenvalue weighted by Gasteiger charge is -2.32. The van der Waals surface area contributed by atoms with E-state index in [-0.39, 0.29) is 31.4 Å². The zero-order chi connectivity index (χ0) is 27.1. The lowest BCUT2D eigenvalue weighted by Crippen LogP contribution is -2.44. The number of carbonyl (C=O) groups excluding carboxylic acids is 3. The normalized spacial score (nSPS) is 16.3. The number of hydrogen-bond acceptors (Lipinski definition) is 7. The van der Waals surface area contributed by atoms with Crippen LogP contribution in [0.2, 0.25) is 5.02 Å². The number of anilines is 1. The number of amides is 2. The SMILES string of the molecule is CCOC(=O)c1ccc(N=C2S[C@@H](C(=O)Nc3cccc(Cl)c3)CC(=O)N2Cc2ccc(OC)cc2)cc1. The van der Waals surface area contributed by atoms with Crippen molar-refractivity contribution < 1.29 is 23.9 Å². The number of nitrogens with one attached hydrogen (secondary N) is 1. The van der Waals surface area contributed by atoms with Crippen molar-refractivity contribution in [1.29, 1.82) is 0 Å². The molecule has 1 atom stereocenters. The second-order valence-corrected chi connectivity index (χ2v) is 9.91. The summed E-state index contributed by atoms with van der Waals surface area (Å²) in [6, 6.07) is 20.8. The Kier molecular flexibility index (Phi) is 9.04. The van der Waals surface area contributed by atoms with E-state index in [9.17, 15) is 14.4 Å². The van der Waals surface area contributed by atoms with Crippen molar-refractivity contribution in [2.75, 3.05) is 19.0 Å². The lowest BCUT2D eigenvalue weighted by molar-refractivity contribution is -0.129. The molecular formula is C28H26ClN3O5S. The summed E-state index contributed by atoms with van der Waals surface area (Å²) in [5.74, 6) is -0.262. The molecule has 0 radical (unpaired) electrons. The number of esters is 1. The third-order valence-electron chi connectivity index (χ3n) is 5.63. The van der Waals surface area contributed by atoms with Crippen LogP contribution in [0.3, 0.4) is 0 Å². The van der Waals surface area contributed by atoms with Gasteiger partial charge >= 0.3 is 5.97 Å². The number of benzene rings is 3. The van der Waals surface area contributed by atoms with Gasteiger partial charge < -0.3 is 14.8 Å². The Labute approximate surface area is 230 Å². The zero-order valence-corrected chi connectivity index (χ0v) is 22.4. The van der Waals surface area contributed by atoms with Crippen molar-refractivity contribution in [3.63, 3.8) is 0 Å². The second kappa shape index (κ2) is 12.6. The molecule has 10 heteroatoms. The van der Waals surface area contributed by atoms with Crippen LogP contribution in [0.25, 0.3) is 0 Å². The van der Waals surface area contributed by atoms with Gasteiger partial charge in [-0.25, -0.2) is 9.79 Å². The highest BCUT2D eigenvalue weighted by Crippen LogP contribution is 2.31. The van der Waals surface area contributed by atoms with Gasteiger partial charge in [0.05, 0.1) is 31.5 Å². The van der Waals surface area contributed by atoms with Gasteiger partial charge in [-0.05, 0) is 67.1 Å². The standard InChI is InChI=1S/C28H26ClN3O5S/c1-3-37-27(35)19-9-11-21(12-10-19)31-28-32(17-18-7-13-23(36-2)14-8-18)25(33)16-24(38-28)26(34)30-22-6-4-5-20(29)15-22/h4-15,24H,3,16-17H2,1-2H3,(H,30,34)/t24-/m1/s1. The number of carbonyl (C=O) groups is 3. The maximum Gasteiger partial charge on any atom is 0.338 e. The van der Waals surface area contributed by atoms with Crippen LogP contribution < -0.4 is 10.1 Å². The molecule has 1 N–H and O–H groups in total. The van der Waals surface area contributed by atoms with Gasteiger partial charge in [-0.1, -0.05) is 41.6 Å². The summed E-state index contributed by atoms with van der Waals surface area (Å²) in [4.78, 5) is 44.6. The van der Waals surface area contributed by atoms with Gasteiger partial charge in [0.25, 0.3) is 0 Å². The van der Waals surface area contributed by atoms with E-state index in [1.165, 1.54) is 11.8 Å². The predicted octanol–water partition coefficient (Wildman–Crippen LogP) is 5.69. The monoisotopic (exact) mass is 551 g/mol. The number of ether oxygens (including phenoxy) is 2. The number of nitrogens with zero attached hydrogens (tertiary/aromatic N) is 2. The smallest absolute Gasteiger partial charge is 0.338 e. The topological polar surface area (TPSA) is 97.3 Å². The summed E-state index contributed by atoms with van der Waals surface area (Å²) in [5, 5.41) is 3.02. The molecule has 196 valence electrons. The molecule has 0 saturated carbocycles. The highest BCUT2D eigenvalue weighted by Gasteiger charge is 2.36. The van der Waals surface area contributed by atoms with E-state index < -0.39 is 11.2 Å². The Bertz CT molecular complexity index is 1350. The number of rotatable bonds is 8. The van der Waals surface area contributed by atoms with Gasteiger partial charge in [0.2, 0.25) is 11.8 Å². The average Bonchev–Trinajstić information content (AvgIpc) is 2.91. The Morgan fingerprint density at radius 2 is 1.84 bits per heavy atom. The lowest BCUT2D eigenvalue weighted by atomic mass is 10.2. The number of halogens is 1. The molecule has 0 unspecified atom stereocenters. The third-order valence-corrected chi connectivity index (χ3v) is 7.05. The van der Waals surface area contributed by atoms with Crippen LogP contribution >= 0.6 is 23.4 Å². The summed E-state index contributed by atoms with van der Waals surface area (Å²) < 4.78 is 10.3. The molecule has 8 nitrogen and oxygen atoms in total. The summed E-state index contributed by atoms with van der Waals surface area (Å²) in [7, 11) is 1.59. The molecule has 0 aliphatic carbocycles. The molecule has 3 aromatic carbocycles. The number of methoxy groups -OCH3 is 1. The predicted molar refractivity (Wildman–Crippen MR) is 149 cm³/mol. The molecule has 1 heterocycles. The van der Waals surface area contributed by atoms with E-state index in [1.54, 1.807) is 67.5 Å². The van der Waals surface area contributed by atoms with Crippen molar-refractivity contribution in [3.8, 4) is 5.75 Å². The van der Waals surface area contributed by atoms with Crippen molar-refractivity contribution in [2.45, 2.75) is 25.1 Å². The molecule has 2 amide bonds. The van der Waals surface area contributed by atoms with Crippen molar-refractivity contribution in [3.05, 3.63) is 88.9 Å². The van der Waals surface area contributed by atoms with Gasteiger partial charge in [-0.2, -0.15) is 0 Å². The molecule has 0 bridgehead atoms. The molecule has 1 aliphatic heterocycles.